The highest BCUT2D eigenvalue weighted by Crippen LogP contribution is 2.35. The molecular weight excluding hydrogens is 211 g/mol. The van der Waals surface area contributed by atoms with E-state index in [0.717, 1.165) is 6.42 Å². The third kappa shape index (κ3) is 12.0. The minimum Gasteiger partial charge on any atom is -0.379 e. The monoisotopic (exact) mass is 228 g/mol. The van der Waals surface area contributed by atoms with Gasteiger partial charge in [0.05, 0.1) is 26.4 Å². The predicted octanol–water partition coefficient (Wildman–Crippen LogP) is 0.539. The van der Waals surface area contributed by atoms with E-state index in [1.807, 2.05) is 6.92 Å². The summed E-state index contributed by atoms with van der Waals surface area (Å²) in [5.74, 6) is 0. The lowest BCUT2D eigenvalue weighted by Gasteiger charge is -2.06. The van der Waals surface area contributed by atoms with Crippen molar-refractivity contribution >= 4 is 7.82 Å². The number of phosphoric acid groups is 1. The number of ether oxygens (including phenoxy) is 2. The molecule has 0 amide bonds. The van der Waals surface area contributed by atoms with Gasteiger partial charge in [-0.25, -0.2) is 4.57 Å². The fourth-order valence-corrected chi connectivity index (χ4v) is 0.994. The first-order chi connectivity index (χ1) is 6.56. The lowest BCUT2D eigenvalue weighted by molar-refractivity contribution is 0.0324. The van der Waals surface area contributed by atoms with Gasteiger partial charge in [-0.3, -0.25) is 4.52 Å². The quantitative estimate of drug-likeness (QED) is 0.442. The van der Waals surface area contributed by atoms with E-state index < -0.39 is 7.82 Å². The van der Waals surface area contributed by atoms with Crippen LogP contribution in [-0.2, 0) is 18.6 Å². The van der Waals surface area contributed by atoms with Crippen LogP contribution >= 0.6 is 7.82 Å². The Morgan fingerprint density at radius 1 is 1.00 bits per heavy atom. The number of rotatable bonds is 9. The molecule has 0 unspecified atom stereocenters. The van der Waals surface area contributed by atoms with Crippen LogP contribution in [0.4, 0.5) is 0 Å². The van der Waals surface area contributed by atoms with Crippen molar-refractivity contribution in [3.8, 4) is 0 Å². The summed E-state index contributed by atoms with van der Waals surface area (Å²) >= 11 is 0. The molecule has 0 aromatic heterocycles. The minimum atomic E-state index is -4.34. The van der Waals surface area contributed by atoms with Crippen molar-refractivity contribution in [3.63, 3.8) is 0 Å². The zero-order chi connectivity index (χ0) is 10.9. The summed E-state index contributed by atoms with van der Waals surface area (Å²) in [7, 11) is -4.34. The van der Waals surface area contributed by atoms with Crippen molar-refractivity contribution in [3.05, 3.63) is 0 Å². The molecule has 0 saturated heterocycles. The van der Waals surface area contributed by atoms with Crippen molar-refractivity contribution in [1.82, 2.24) is 0 Å². The number of phosphoric ester groups is 1. The Labute approximate surface area is 83.4 Å². The average Bonchev–Trinajstić information content (AvgIpc) is 2.08. The van der Waals surface area contributed by atoms with E-state index >= 15 is 0 Å². The maximum Gasteiger partial charge on any atom is 0.469 e. The summed E-state index contributed by atoms with van der Waals surface area (Å²) < 4.78 is 24.4. The van der Waals surface area contributed by atoms with Gasteiger partial charge in [0.15, 0.2) is 0 Å². The van der Waals surface area contributed by atoms with Gasteiger partial charge in [0.25, 0.3) is 0 Å². The van der Waals surface area contributed by atoms with E-state index in [-0.39, 0.29) is 13.2 Å². The number of hydrogen-bond acceptors (Lipinski definition) is 4. The van der Waals surface area contributed by atoms with Gasteiger partial charge in [-0.1, -0.05) is 6.92 Å². The molecule has 0 aliphatic heterocycles. The van der Waals surface area contributed by atoms with Crippen LogP contribution in [0, 0.1) is 0 Å². The highest BCUT2D eigenvalue weighted by Gasteiger charge is 2.12. The van der Waals surface area contributed by atoms with Gasteiger partial charge in [0, 0.05) is 6.61 Å². The van der Waals surface area contributed by atoms with E-state index in [9.17, 15) is 4.57 Å². The van der Waals surface area contributed by atoms with Crippen LogP contribution in [0.5, 0.6) is 0 Å². The standard InChI is InChI=1S/C7H17O6P/c1-2-3-11-4-5-12-6-7-13-14(8,9)10/h2-7H2,1H3,(H2,8,9,10). The molecule has 0 radical (unpaired) electrons. The highest BCUT2D eigenvalue weighted by atomic mass is 31.2. The van der Waals surface area contributed by atoms with Gasteiger partial charge < -0.3 is 19.3 Å². The summed E-state index contributed by atoms with van der Waals surface area (Å²) in [5, 5.41) is 0. The van der Waals surface area contributed by atoms with Crippen molar-refractivity contribution in [2.75, 3.05) is 33.0 Å². The molecule has 0 aliphatic rings. The molecule has 0 bridgehead atoms. The molecule has 0 aromatic carbocycles. The van der Waals surface area contributed by atoms with Gasteiger partial charge in [-0.05, 0) is 6.42 Å². The Balaban J connectivity index is 3.03. The summed E-state index contributed by atoms with van der Waals surface area (Å²) in [6.45, 7) is 3.64. The normalized spacial score (nSPS) is 11.9. The Morgan fingerprint density at radius 2 is 1.50 bits per heavy atom. The Morgan fingerprint density at radius 3 is 2.00 bits per heavy atom. The van der Waals surface area contributed by atoms with Gasteiger partial charge >= 0.3 is 7.82 Å². The fraction of sp³-hybridized carbons (Fsp3) is 1.00. The topological polar surface area (TPSA) is 85.2 Å². The van der Waals surface area contributed by atoms with Crippen molar-refractivity contribution in [2.24, 2.45) is 0 Å². The van der Waals surface area contributed by atoms with Crippen LogP contribution in [0.2, 0.25) is 0 Å². The zero-order valence-corrected chi connectivity index (χ0v) is 9.11. The molecule has 2 N–H and O–H groups in total. The second kappa shape index (κ2) is 8.35. The summed E-state index contributed by atoms with van der Waals surface area (Å²) in [6, 6.07) is 0. The number of hydrogen-bond donors (Lipinski definition) is 2. The minimum absolute atomic E-state index is 0.113. The van der Waals surface area contributed by atoms with Crippen LogP contribution in [0.25, 0.3) is 0 Å². The molecule has 0 fully saturated rings. The van der Waals surface area contributed by atoms with E-state index in [2.05, 4.69) is 4.52 Å². The van der Waals surface area contributed by atoms with Crippen molar-refractivity contribution in [1.29, 1.82) is 0 Å². The molecule has 0 aromatic rings. The maximum absolute atomic E-state index is 10.2. The molecule has 86 valence electrons. The van der Waals surface area contributed by atoms with E-state index in [4.69, 9.17) is 19.3 Å². The summed E-state index contributed by atoms with van der Waals surface area (Å²) in [6.07, 6.45) is 0.960. The smallest absolute Gasteiger partial charge is 0.379 e. The molecule has 14 heavy (non-hydrogen) atoms. The highest BCUT2D eigenvalue weighted by molar-refractivity contribution is 7.46. The Bertz CT molecular complexity index is 168. The third-order valence-corrected chi connectivity index (χ3v) is 1.73. The van der Waals surface area contributed by atoms with Crippen molar-refractivity contribution < 1.29 is 28.3 Å². The largest absolute Gasteiger partial charge is 0.469 e. The first-order valence-corrected chi connectivity index (χ1v) is 5.95. The van der Waals surface area contributed by atoms with Crippen LogP contribution in [0.1, 0.15) is 13.3 Å². The second-order valence-corrected chi connectivity index (χ2v) is 3.79. The van der Waals surface area contributed by atoms with Gasteiger partial charge in [-0.15, -0.1) is 0 Å². The summed E-state index contributed by atoms with van der Waals surface area (Å²) in [4.78, 5) is 16.6. The SMILES string of the molecule is CCCOCCOCCOP(=O)(O)O. The Hall–Kier alpha value is 0.0300. The maximum atomic E-state index is 10.2. The summed E-state index contributed by atoms with van der Waals surface area (Å²) in [5.41, 5.74) is 0. The molecule has 0 atom stereocenters. The van der Waals surface area contributed by atoms with Gasteiger partial charge in [0.1, 0.15) is 0 Å². The van der Waals surface area contributed by atoms with Crippen LogP contribution in [-0.4, -0.2) is 42.8 Å². The van der Waals surface area contributed by atoms with Gasteiger partial charge in [-0.2, -0.15) is 0 Å². The second-order valence-electron chi connectivity index (χ2n) is 2.55. The van der Waals surface area contributed by atoms with Crippen LogP contribution in [0.3, 0.4) is 0 Å². The Kier molecular flexibility index (Phi) is 8.37. The first kappa shape index (κ1) is 14.0. The van der Waals surface area contributed by atoms with E-state index in [1.165, 1.54) is 0 Å². The fourth-order valence-electron chi connectivity index (χ4n) is 0.681. The first-order valence-electron chi connectivity index (χ1n) is 4.42. The average molecular weight is 228 g/mol. The molecule has 0 saturated carbocycles. The molecule has 0 heterocycles. The molecular formula is C7H17O6P. The van der Waals surface area contributed by atoms with E-state index in [0.29, 0.717) is 19.8 Å². The molecule has 0 aliphatic carbocycles. The van der Waals surface area contributed by atoms with E-state index in [1.54, 1.807) is 0 Å². The predicted molar refractivity (Wildman–Crippen MR) is 49.9 cm³/mol. The third-order valence-electron chi connectivity index (χ3n) is 1.21. The molecule has 0 spiro atoms. The lowest BCUT2D eigenvalue weighted by atomic mass is 10.5. The van der Waals surface area contributed by atoms with Crippen molar-refractivity contribution in [2.45, 2.75) is 13.3 Å². The van der Waals surface area contributed by atoms with Gasteiger partial charge in [0.2, 0.25) is 0 Å². The lowest BCUT2D eigenvalue weighted by Crippen LogP contribution is -2.08. The van der Waals surface area contributed by atoms with Crippen LogP contribution in [0.15, 0.2) is 0 Å². The zero-order valence-electron chi connectivity index (χ0n) is 8.22. The van der Waals surface area contributed by atoms with Crippen LogP contribution < -0.4 is 0 Å². The molecule has 0 rings (SSSR count). The molecule has 7 heteroatoms. The molecule has 6 nitrogen and oxygen atoms in total.